The first kappa shape index (κ1) is 9.32. The van der Waals surface area contributed by atoms with Crippen molar-refractivity contribution in [3.8, 4) is 5.75 Å². The maximum absolute atomic E-state index is 10.1. The highest BCUT2D eigenvalue weighted by Gasteiger charge is 1.90. The molecule has 0 radical (unpaired) electrons. The lowest BCUT2D eigenvalue weighted by Crippen LogP contribution is -2.18. The number of carbonyl (C=O) groups excluding carboxylic acids is 1. The normalized spacial score (nSPS) is 10.2. The number of carbonyl (C=O) groups is 1. The molecular weight excluding hydrogens is 168 g/mol. The third kappa shape index (κ3) is 2.99. The van der Waals surface area contributed by atoms with E-state index in [1.807, 2.05) is 0 Å². The van der Waals surface area contributed by atoms with Crippen LogP contribution in [0.25, 0.3) is 6.08 Å². The van der Waals surface area contributed by atoms with Gasteiger partial charge in [-0.1, -0.05) is 18.2 Å². The van der Waals surface area contributed by atoms with E-state index in [9.17, 15) is 9.90 Å². The van der Waals surface area contributed by atoms with Crippen molar-refractivity contribution in [2.24, 2.45) is 0 Å². The number of carboxylic acid groups (broad SMARTS) is 1. The van der Waals surface area contributed by atoms with Crippen LogP contribution in [0.4, 0.5) is 0 Å². The van der Waals surface area contributed by atoms with Crippen molar-refractivity contribution >= 4 is 12.0 Å². The number of carboxylic acids is 1. The Balaban J connectivity index is 2.83. The standard InChI is InChI=1S/C10H10O3/c1-13-9-4-2-3-8(7-9)5-6-10(11)12/h2-7H,1H3,(H,11,12)/p-1. The van der Waals surface area contributed by atoms with E-state index in [0.29, 0.717) is 5.75 Å². The Morgan fingerprint density at radius 3 is 2.92 bits per heavy atom. The van der Waals surface area contributed by atoms with Gasteiger partial charge in [-0.05, 0) is 23.8 Å². The lowest BCUT2D eigenvalue weighted by molar-refractivity contribution is -0.297. The third-order valence-corrected chi connectivity index (χ3v) is 1.51. The van der Waals surface area contributed by atoms with Crippen LogP contribution in [0.2, 0.25) is 0 Å². The van der Waals surface area contributed by atoms with Gasteiger partial charge in [0.15, 0.2) is 0 Å². The first-order valence-electron chi connectivity index (χ1n) is 3.75. The third-order valence-electron chi connectivity index (χ3n) is 1.51. The van der Waals surface area contributed by atoms with Gasteiger partial charge >= 0.3 is 0 Å². The molecule has 3 heteroatoms. The molecule has 0 amide bonds. The van der Waals surface area contributed by atoms with E-state index in [-0.39, 0.29) is 0 Å². The average Bonchev–Trinajstić information content (AvgIpc) is 2.15. The lowest BCUT2D eigenvalue weighted by atomic mass is 10.2. The van der Waals surface area contributed by atoms with Crippen LogP contribution in [0.15, 0.2) is 30.3 Å². The fourth-order valence-corrected chi connectivity index (χ4v) is 0.909. The van der Waals surface area contributed by atoms with Gasteiger partial charge in [-0.2, -0.15) is 0 Å². The summed E-state index contributed by atoms with van der Waals surface area (Å²) in [7, 11) is 1.56. The van der Waals surface area contributed by atoms with E-state index in [1.165, 1.54) is 6.08 Å². The zero-order chi connectivity index (χ0) is 9.68. The Labute approximate surface area is 76.3 Å². The molecule has 0 saturated heterocycles. The summed E-state index contributed by atoms with van der Waals surface area (Å²) >= 11 is 0. The summed E-state index contributed by atoms with van der Waals surface area (Å²) in [4.78, 5) is 10.1. The van der Waals surface area contributed by atoms with Gasteiger partial charge in [-0.25, -0.2) is 0 Å². The van der Waals surface area contributed by atoms with Crippen LogP contribution in [0.5, 0.6) is 5.75 Å². The number of hydrogen-bond donors (Lipinski definition) is 0. The van der Waals surface area contributed by atoms with Gasteiger partial charge in [0.25, 0.3) is 0 Å². The van der Waals surface area contributed by atoms with Crippen LogP contribution in [0.3, 0.4) is 0 Å². The number of aliphatic carboxylic acids is 1. The highest BCUT2D eigenvalue weighted by Crippen LogP contribution is 2.13. The van der Waals surface area contributed by atoms with Crippen LogP contribution < -0.4 is 9.84 Å². The van der Waals surface area contributed by atoms with Crippen molar-refractivity contribution in [3.05, 3.63) is 35.9 Å². The molecule has 0 saturated carbocycles. The lowest BCUT2D eigenvalue weighted by Gasteiger charge is -1.99. The molecule has 68 valence electrons. The number of ether oxygens (including phenoxy) is 1. The SMILES string of the molecule is COc1cccc(C=CC(=O)[O-])c1. The van der Waals surface area contributed by atoms with E-state index in [4.69, 9.17) is 4.74 Å². The largest absolute Gasteiger partial charge is 0.545 e. The molecule has 0 fully saturated rings. The van der Waals surface area contributed by atoms with Crippen LogP contribution in [-0.2, 0) is 4.79 Å². The number of benzene rings is 1. The minimum Gasteiger partial charge on any atom is -0.545 e. The van der Waals surface area contributed by atoms with Crippen LogP contribution >= 0.6 is 0 Å². The smallest absolute Gasteiger partial charge is 0.119 e. The summed E-state index contributed by atoms with van der Waals surface area (Å²) in [5.41, 5.74) is 0.767. The van der Waals surface area contributed by atoms with E-state index >= 15 is 0 Å². The maximum atomic E-state index is 10.1. The average molecular weight is 177 g/mol. The molecule has 0 unspecified atom stereocenters. The monoisotopic (exact) mass is 177 g/mol. The Morgan fingerprint density at radius 1 is 1.54 bits per heavy atom. The summed E-state index contributed by atoms with van der Waals surface area (Å²) in [6.07, 6.45) is 2.44. The predicted molar refractivity (Wildman–Crippen MR) is 47.0 cm³/mol. The van der Waals surface area contributed by atoms with Crippen LogP contribution in [0.1, 0.15) is 5.56 Å². The van der Waals surface area contributed by atoms with Gasteiger partial charge in [-0.3, -0.25) is 0 Å². The minimum absolute atomic E-state index is 0.695. The van der Waals surface area contributed by atoms with Gasteiger partial charge in [-0.15, -0.1) is 0 Å². The van der Waals surface area contributed by atoms with Crippen molar-refractivity contribution in [2.75, 3.05) is 7.11 Å². The molecule has 1 aromatic carbocycles. The maximum Gasteiger partial charge on any atom is 0.119 e. The quantitative estimate of drug-likeness (QED) is 0.630. The molecule has 0 aliphatic rings. The topological polar surface area (TPSA) is 49.4 Å². The van der Waals surface area contributed by atoms with Crippen molar-refractivity contribution in [2.45, 2.75) is 0 Å². The fourth-order valence-electron chi connectivity index (χ4n) is 0.909. The summed E-state index contributed by atoms with van der Waals surface area (Å²) in [6.45, 7) is 0. The Morgan fingerprint density at radius 2 is 2.31 bits per heavy atom. The van der Waals surface area contributed by atoms with Gasteiger partial charge < -0.3 is 14.6 Å². The van der Waals surface area contributed by atoms with E-state index in [2.05, 4.69) is 0 Å². The van der Waals surface area contributed by atoms with Crippen LogP contribution in [0, 0.1) is 0 Å². The second kappa shape index (κ2) is 4.30. The molecular formula is C10H9O3-. The summed E-state index contributed by atoms with van der Waals surface area (Å²) in [6, 6.07) is 7.09. The highest BCUT2D eigenvalue weighted by atomic mass is 16.5. The van der Waals surface area contributed by atoms with Crippen molar-refractivity contribution < 1.29 is 14.6 Å². The molecule has 3 nitrogen and oxygen atoms in total. The highest BCUT2D eigenvalue weighted by molar-refractivity contribution is 5.83. The molecule has 1 rings (SSSR count). The summed E-state index contributed by atoms with van der Waals surface area (Å²) < 4.78 is 4.96. The number of methoxy groups -OCH3 is 1. The van der Waals surface area contributed by atoms with Crippen molar-refractivity contribution in [1.82, 2.24) is 0 Å². The van der Waals surface area contributed by atoms with Gasteiger partial charge in [0, 0.05) is 0 Å². The van der Waals surface area contributed by atoms with Crippen molar-refractivity contribution in [3.63, 3.8) is 0 Å². The molecule has 0 aliphatic carbocycles. The minimum atomic E-state index is -1.21. The molecule has 0 bridgehead atoms. The zero-order valence-electron chi connectivity index (χ0n) is 7.19. The van der Waals surface area contributed by atoms with Gasteiger partial charge in [0.05, 0.1) is 13.1 Å². The molecule has 0 N–H and O–H groups in total. The van der Waals surface area contributed by atoms with E-state index in [0.717, 1.165) is 11.6 Å². The Hall–Kier alpha value is -1.77. The first-order chi connectivity index (χ1) is 6.22. The predicted octanol–water partition coefficient (Wildman–Crippen LogP) is 0.458. The molecule has 0 heterocycles. The summed E-state index contributed by atoms with van der Waals surface area (Å²) in [5, 5.41) is 10.1. The second-order valence-electron chi connectivity index (χ2n) is 2.43. The Kier molecular flexibility index (Phi) is 3.09. The Bertz CT molecular complexity index is 329. The second-order valence-corrected chi connectivity index (χ2v) is 2.43. The number of hydrogen-bond acceptors (Lipinski definition) is 3. The van der Waals surface area contributed by atoms with E-state index in [1.54, 1.807) is 31.4 Å². The molecule has 1 aromatic rings. The zero-order valence-corrected chi connectivity index (χ0v) is 7.19. The van der Waals surface area contributed by atoms with Crippen LogP contribution in [-0.4, -0.2) is 13.1 Å². The van der Waals surface area contributed by atoms with Gasteiger partial charge in [0.2, 0.25) is 0 Å². The molecule has 13 heavy (non-hydrogen) atoms. The molecule has 0 aromatic heterocycles. The molecule has 0 aliphatic heterocycles. The van der Waals surface area contributed by atoms with Crippen molar-refractivity contribution in [1.29, 1.82) is 0 Å². The fraction of sp³-hybridized carbons (Fsp3) is 0.100. The molecule has 0 spiro atoms. The number of rotatable bonds is 3. The summed E-state index contributed by atoms with van der Waals surface area (Å²) in [5.74, 6) is -0.511. The first-order valence-corrected chi connectivity index (χ1v) is 3.75. The molecule has 0 atom stereocenters. The van der Waals surface area contributed by atoms with Gasteiger partial charge in [0.1, 0.15) is 5.75 Å². The van der Waals surface area contributed by atoms with E-state index < -0.39 is 5.97 Å².